The van der Waals surface area contributed by atoms with E-state index >= 15 is 0 Å². The Morgan fingerprint density at radius 1 is 1.32 bits per heavy atom. The zero-order valence-electron chi connectivity index (χ0n) is 13.6. The van der Waals surface area contributed by atoms with Gasteiger partial charge in [-0.3, -0.25) is 0 Å². The summed E-state index contributed by atoms with van der Waals surface area (Å²) in [4.78, 5) is 4.66. The van der Waals surface area contributed by atoms with Gasteiger partial charge in [-0.05, 0) is 31.5 Å². The Labute approximate surface area is 148 Å². The minimum atomic E-state index is -4.82. The van der Waals surface area contributed by atoms with Gasteiger partial charge >= 0.3 is 6.18 Å². The van der Waals surface area contributed by atoms with Crippen molar-refractivity contribution in [3.63, 3.8) is 0 Å². The number of nitrogens with zero attached hydrogens (tertiary/aromatic N) is 1. The molecule has 0 aliphatic heterocycles. The second kappa shape index (κ2) is 7.30. The first-order valence-corrected chi connectivity index (χ1v) is 9.81. The number of anilines is 1. The second-order valence-electron chi connectivity index (χ2n) is 5.39. The van der Waals surface area contributed by atoms with Crippen molar-refractivity contribution >= 4 is 27.0 Å². The second-order valence-corrected chi connectivity index (χ2v) is 8.21. The van der Waals surface area contributed by atoms with E-state index < -0.39 is 26.7 Å². The fourth-order valence-electron chi connectivity index (χ4n) is 2.35. The van der Waals surface area contributed by atoms with Crippen molar-refractivity contribution in [2.24, 2.45) is 5.14 Å². The van der Waals surface area contributed by atoms with E-state index in [9.17, 15) is 21.6 Å². The number of thiazole rings is 1. The number of sulfonamides is 1. The van der Waals surface area contributed by atoms with Crippen LogP contribution in [0.3, 0.4) is 0 Å². The summed E-state index contributed by atoms with van der Waals surface area (Å²) in [6.45, 7) is 4.37. The topological polar surface area (TPSA) is 85.1 Å². The summed E-state index contributed by atoms with van der Waals surface area (Å²) >= 11 is 1.56. The lowest BCUT2D eigenvalue weighted by atomic mass is 10.2. The number of hydrogen-bond acceptors (Lipinski definition) is 5. The van der Waals surface area contributed by atoms with E-state index in [-0.39, 0.29) is 5.69 Å². The molecule has 1 aromatic heterocycles. The molecule has 0 saturated heterocycles. The highest BCUT2D eigenvalue weighted by atomic mass is 32.2. The van der Waals surface area contributed by atoms with Crippen molar-refractivity contribution in [3.8, 4) is 0 Å². The number of halogens is 3. The molecule has 0 fully saturated rings. The summed E-state index contributed by atoms with van der Waals surface area (Å²) in [7, 11) is -4.46. The highest BCUT2D eigenvalue weighted by Gasteiger charge is 2.36. The maximum atomic E-state index is 13.1. The van der Waals surface area contributed by atoms with Crippen LogP contribution < -0.4 is 10.5 Å². The molecule has 0 unspecified atom stereocenters. The number of aryl methyl sites for hydroxylation is 2. The molecule has 2 rings (SSSR count). The van der Waals surface area contributed by atoms with Gasteiger partial charge in [0.2, 0.25) is 10.0 Å². The third kappa shape index (κ3) is 4.93. The summed E-state index contributed by atoms with van der Waals surface area (Å²) in [6.07, 6.45) is -3.43. The molecule has 0 saturated carbocycles. The maximum Gasteiger partial charge on any atom is 0.417 e. The molecule has 25 heavy (non-hydrogen) atoms. The molecular weight excluding hydrogens is 375 g/mol. The first-order chi connectivity index (χ1) is 11.5. The third-order valence-electron chi connectivity index (χ3n) is 3.53. The molecule has 1 aromatic carbocycles. The fraction of sp³-hybridized carbons (Fsp3) is 0.400. The van der Waals surface area contributed by atoms with Crippen molar-refractivity contribution < 1.29 is 21.6 Å². The Balaban J connectivity index is 2.15. The number of primary sulfonamides is 1. The first-order valence-electron chi connectivity index (χ1n) is 7.45. The Morgan fingerprint density at radius 3 is 2.52 bits per heavy atom. The van der Waals surface area contributed by atoms with Crippen molar-refractivity contribution in [1.82, 2.24) is 4.98 Å². The van der Waals surface area contributed by atoms with Gasteiger partial charge < -0.3 is 5.32 Å². The van der Waals surface area contributed by atoms with E-state index in [0.717, 1.165) is 34.1 Å². The standard InChI is InChI=1S/C15H18F3N3O2S2/c1-3-12-9(2)24-14(21-12)6-7-20-10-4-5-13(25(19,22)23)11(8-10)15(16,17)18/h4-5,8,20H,3,6-7H2,1-2H3,(H2,19,22,23). The van der Waals surface area contributed by atoms with Gasteiger partial charge in [-0.25, -0.2) is 18.5 Å². The van der Waals surface area contributed by atoms with Crippen molar-refractivity contribution in [3.05, 3.63) is 39.3 Å². The quantitative estimate of drug-likeness (QED) is 0.788. The van der Waals surface area contributed by atoms with Gasteiger partial charge in [0.15, 0.2) is 0 Å². The minimum absolute atomic E-state index is 0.170. The van der Waals surface area contributed by atoms with Gasteiger partial charge in [-0.15, -0.1) is 11.3 Å². The number of rotatable bonds is 6. The zero-order chi connectivity index (χ0) is 18.8. The van der Waals surface area contributed by atoms with E-state index in [1.807, 2.05) is 13.8 Å². The highest BCUT2D eigenvalue weighted by Crippen LogP contribution is 2.35. The lowest BCUT2D eigenvalue weighted by Crippen LogP contribution is -2.19. The van der Waals surface area contributed by atoms with E-state index in [1.165, 1.54) is 6.07 Å². The molecule has 0 aliphatic rings. The number of nitrogens with two attached hydrogens (primary N) is 1. The predicted octanol–water partition coefficient (Wildman–Crippen LogP) is 3.33. The molecule has 0 spiro atoms. The lowest BCUT2D eigenvalue weighted by molar-refractivity contribution is -0.139. The average Bonchev–Trinajstić information content (AvgIpc) is 2.85. The number of benzene rings is 1. The van der Waals surface area contributed by atoms with Gasteiger partial charge in [0, 0.05) is 23.5 Å². The highest BCUT2D eigenvalue weighted by molar-refractivity contribution is 7.89. The Hall–Kier alpha value is -1.65. The number of alkyl halides is 3. The van der Waals surface area contributed by atoms with Crippen LogP contribution in [0.25, 0.3) is 0 Å². The van der Waals surface area contributed by atoms with Gasteiger partial charge in [0.25, 0.3) is 0 Å². The van der Waals surface area contributed by atoms with Crippen LogP contribution in [-0.2, 0) is 29.0 Å². The molecule has 0 atom stereocenters. The van der Waals surface area contributed by atoms with E-state index in [4.69, 9.17) is 5.14 Å². The molecule has 3 N–H and O–H groups in total. The van der Waals surface area contributed by atoms with Crippen LogP contribution >= 0.6 is 11.3 Å². The average molecular weight is 393 g/mol. The molecule has 0 amide bonds. The maximum absolute atomic E-state index is 13.1. The monoisotopic (exact) mass is 393 g/mol. The molecule has 0 bridgehead atoms. The van der Waals surface area contributed by atoms with Gasteiger partial charge in [-0.1, -0.05) is 6.92 Å². The molecule has 0 aliphatic carbocycles. The van der Waals surface area contributed by atoms with Crippen molar-refractivity contribution in [2.75, 3.05) is 11.9 Å². The molecule has 2 aromatic rings. The molecule has 138 valence electrons. The van der Waals surface area contributed by atoms with Gasteiger partial charge in [0.1, 0.15) is 0 Å². The number of aromatic nitrogens is 1. The third-order valence-corrected chi connectivity index (χ3v) is 5.57. The summed E-state index contributed by atoms with van der Waals surface area (Å²) in [5.74, 6) is 0. The van der Waals surface area contributed by atoms with Crippen LogP contribution in [0, 0.1) is 6.92 Å². The van der Waals surface area contributed by atoms with Gasteiger partial charge in [0.05, 0.1) is 21.2 Å². The summed E-state index contributed by atoms with van der Waals surface area (Å²) < 4.78 is 61.9. The van der Waals surface area contributed by atoms with Gasteiger partial charge in [-0.2, -0.15) is 13.2 Å². The molecular formula is C15H18F3N3O2S2. The van der Waals surface area contributed by atoms with Crippen LogP contribution in [0.4, 0.5) is 18.9 Å². The van der Waals surface area contributed by atoms with Crippen LogP contribution in [0.2, 0.25) is 0 Å². The minimum Gasteiger partial charge on any atom is -0.385 e. The van der Waals surface area contributed by atoms with Crippen LogP contribution in [0.5, 0.6) is 0 Å². The summed E-state index contributed by atoms with van der Waals surface area (Å²) in [6, 6.07) is 2.88. The normalized spacial score (nSPS) is 12.4. The SMILES string of the molecule is CCc1nc(CCNc2ccc(S(N)(=O)=O)c(C(F)(F)F)c2)sc1C. The Kier molecular flexibility index (Phi) is 5.75. The predicted molar refractivity (Wildman–Crippen MR) is 91.2 cm³/mol. The first kappa shape index (κ1) is 19.7. The molecule has 1 heterocycles. The van der Waals surface area contributed by atoms with E-state index in [1.54, 1.807) is 11.3 Å². The van der Waals surface area contributed by atoms with Crippen molar-refractivity contribution in [2.45, 2.75) is 37.8 Å². The van der Waals surface area contributed by atoms with Crippen molar-refractivity contribution in [1.29, 1.82) is 0 Å². The largest absolute Gasteiger partial charge is 0.417 e. The number of hydrogen-bond donors (Lipinski definition) is 2. The molecule has 5 nitrogen and oxygen atoms in total. The Morgan fingerprint density at radius 2 is 2.00 bits per heavy atom. The van der Waals surface area contributed by atoms with Crippen LogP contribution in [0.15, 0.2) is 23.1 Å². The van der Waals surface area contributed by atoms with Crippen LogP contribution in [-0.4, -0.2) is 19.9 Å². The smallest absolute Gasteiger partial charge is 0.385 e. The van der Waals surface area contributed by atoms with E-state index in [0.29, 0.717) is 13.0 Å². The molecule has 10 heteroatoms. The molecule has 0 radical (unpaired) electrons. The van der Waals surface area contributed by atoms with Crippen LogP contribution in [0.1, 0.15) is 28.1 Å². The summed E-state index contributed by atoms with van der Waals surface area (Å²) in [5, 5.41) is 8.62. The number of nitrogens with one attached hydrogen (secondary N) is 1. The zero-order valence-corrected chi connectivity index (χ0v) is 15.3. The summed E-state index contributed by atoms with van der Waals surface area (Å²) in [5.41, 5.74) is -0.0843. The lowest BCUT2D eigenvalue weighted by Gasteiger charge is -2.14. The Bertz CT molecular complexity index is 861. The van der Waals surface area contributed by atoms with E-state index in [2.05, 4.69) is 10.3 Å². The fourth-order valence-corrected chi connectivity index (χ4v) is 4.11.